The SMILES string of the molecule is C=C(C)C(=O)OCC(F)(F)C(F)(F)C(F)(F)COc1ccc2c(c1)OC(O)C(c1ccccc1)=C2. The predicted octanol–water partition coefficient (Wildman–Crippen LogP) is 5.34. The lowest BCUT2D eigenvalue weighted by Crippen LogP contribution is -2.58. The maximum absolute atomic E-state index is 14.1. The van der Waals surface area contributed by atoms with Gasteiger partial charge in [-0.05, 0) is 30.7 Å². The van der Waals surface area contributed by atoms with Crippen molar-refractivity contribution < 1.29 is 50.5 Å². The van der Waals surface area contributed by atoms with Gasteiger partial charge in [0.2, 0.25) is 6.29 Å². The molecule has 0 aliphatic carbocycles. The van der Waals surface area contributed by atoms with Gasteiger partial charge in [0, 0.05) is 22.8 Å². The highest BCUT2D eigenvalue weighted by Crippen LogP contribution is 2.46. The van der Waals surface area contributed by atoms with Crippen LogP contribution in [0.15, 0.2) is 60.7 Å². The van der Waals surface area contributed by atoms with E-state index in [1.807, 2.05) is 0 Å². The highest BCUT2D eigenvalue weighted by molar-refractivity contribution is 5.87. The van der Waals surface area contributed by atoms with Gasteiger partial charge in [-0.1, -0.05) is 36.9 Å². The van der Waals surface area contributed by atoms with Gasteiger partial charge >= 0.3 is 23.7 Å². The smallest absolute Gasteiger partial charge is 0.378 e. The molecule has 2 aromatic carbocycles. The van der Waals surface area contributed by atoms with Crippen LogP contribution in [0.3, 0.4) is 0 Å². The molecule has 2 aromatic rings. The van der Waals surface area contributed by atoms with Gasteiger partial charge in [-0.2, -0.15) is 26.3 Å². The minimum atomic E-state index is -5.91. The molecule has 5 nitrogen and oxygen atoms in total. The quantitative estimate of drug-likeness (QED) is 0.285. The molecule has 0 saturated heterocycles. The number of halogens is 6. The van der Waals surface area contributed by atoms with Crippen LogP contribution in [0, 0.1) is 0 Å². The fourth-order valence-electron chi connectivity index (χ4n) is 3.01. The number of carbonyl (C=O) groups excluding carboxylic acids is 1. The average Bonchev–Trinajstić information content (AvgIpc) is 2.81. The highest BCUT2D eigenvalue weighted by Gasteiger charge is 2.72. The van der Waals surface area contributed by atoms with Crippen LogP contribution in [0.5, 0.6) is 11.5 Å². The number of aliphatic hydroxyl groups excluding tert-OH is 1. The molecule has 0 fully saturated rings. The molecule has 1 atom stereocenters. The van der Waals surface area contributed by atoms with Gasteiger partial charge in [-0.25, -0.2) is 4.79 Å². The second-order valence-electron chi connectivity index (χ2n) is 7.76. The van der Waals surface area contributed by atoms with Crippen LogP contribution in [-0.4, -0.2) is 48.3 Å². The van der Waals surface area contributed by atoms with Crippen molar-refractivity contribution in [1.82, 2.24) is 0 Å². The summed E-state index contributed by atoms with van der Waals surface area (Å²) in [4.78, 5) is 11.2. The summed E-state index contributed by atoms with van der Waals surface area (Å²) in [6, 6.07) is 12.3. The minimum Gasteiger partial charge on any atom is -0.487 e. The second-order valence-corrected chi connectivity index (χ2v) is 7.76. The Bertz CT molecular complexity index is 1130. The van der Waals surface area contributed by atoms with Crippen molar-refractivity contribution in [1.29, 1.82) is 0 Å². The van der Waals surface area contributed by atoms with E-state index in [0.29, 0.717) is 16.7 Å². The molecule has 188 valence electrons. The van der Waals surface area contributed by atoms with Crippen molar-refractivity contribution in [3.63, 3.8) is 0 Å². The largest absolute Gasteiger partial charge is 0.487 e. The summed E-state index contributed by atoms with van der Waals surface area (Å²) in [5.74, 6) is -18.5. The normalized spacial score (nSPS) is 16.0. The van der Waals surface area contributed by atoms with Gasteiger partial charge in [0.05, 0.1) is 0 Å². The molecule has 1 aliphatic heterocycles. The van der Waals surface area contributed by atoms with Crippen molar-refractivity contribution in [3.8, 4) is 11.5 Å². The van der Waals surface area contributed by atoms with Gasteiger partial charge < -0.3 is 19.3 Å². The Morgan fingerprint density at radius 3 is 2.29 bits per heavy atom. The number of hydrogen-bond donors (Lipinski definition) is 1. The van der Waals surface area contributed by atoms with Crippen molar-refractivity contribution in [3.05, 3.63) is 71.8 Å². The van der Waals surface area contributed by atoms with E-state index in [1.54, 1.807) is 36.4 Å². The molecule has 0 radical (unpaired) electrons. The Labute approximate surface area is 196 Å². The number of rotatable bonds is 9. The van der Waals surface area contributed by atoms with E-state index < -0.39 is 43.2 Å². The lowest BCUT2D eigenvalue weighted by Gasteiger charge is -2.32. The maximum Gasteiger partial charge on any atom is 0.378 e. The van der Waals surface area contributed by atoms with Crippen molar-refractivity contribution in [2.24, 2.45) is 0 Å². The molecule has 0 saturated carbocycles. The van der Waals surface area contributed by atoms with E-state index in [9.17, 15) is 36.2 Å². The summed E-state index contributed by atoms with van der Waals surface area (Å²) >= 11 is 0. The molecule has 0 spiro atoms. The summed E-state index contributed by atoms with van der Waals surface area (Å²) in [5, 5.41) is 10.3. The third kappa shape index (κ3) is 5.45. The van der Waals surface area contributed by atoms with E-state index in [4.69, 9.17) is 4.74 Å². The monoisotopic (exact) mass is 502 g/mol. The van der Waals surface area contributed by atoms with E-state index in [-0.39, 0.29) is 17.1 Å². The molecule has 0 amide bonds. The molecule has 0 aromatic heterocycles. The standard InChI is InChI=1S/C24H20F6O5/c1-14(2)20(31)34-13-23(27,28)24(29,30)22(25,26)12-33-17-9-8-16-10-18(15-6-4-3-5-7-15)21(32)35-19(16)11-17/h3-11,21,32H,1,12-13H2,2H3. The average molecular weight is 502 g/mol. The third-order valence-electron chi connectivity index (χ3n) is 4.98. The molecule has 1 heterocycles. The number of aliphatic hydroxyl groups is 1. The first-order valence-corrected chi connectivity index (χ1v) is 10.1. The topological polar surface area (TPSA) is 65.0 Å². The predicted molar refractivity (Wildman–Crippen MR) is 113 cm³/mol. The first-order chi connectivity index (χ1) is 16.2. The van der Waals surface area contributed by atoms with Crippen LogP contribution in [0.1, 0.15) is 18.1 Å². The van der Waals surface area contributed by atoms with Crippen LogP contribution in [0.2, 0.25) is 0 Å². The highest BCUT2D eigenvalue weighted by atomic mass is 19.3. The molecule has 1 N–H and O–H groups in total. The van der Waals surface area contributed by atoms with Gasteiger partial charge in [-0.15, -0.1) is 0 Å². The van der Waals surface area contributed by atoms with E-state index in [1.165, 1.54) is 6.07 Å². The number of esters is 1. The molecule has 1 aliphatic rings. The molecule has 11 heteroatoms. The first-order valence-electron chi connectivity index (χ1n) is 10.1. The summed E-state index contributed by atoms with van der Waals surface area (Å²) in [6.07, 6.45) is 0.171. The van der Waals surface area contributed by atoms with Gasteiger partial charge in [0.15, 0.2) is 13.2 Å². The fourth-order valence-corrected chi connectivity index (χ4v) is 3.01. The van der Waals surface area contributed by atoms with Crippen LogP contribution < -0.4 is 9.47 Å². The first kappa shape index (κ1) is 26.1. The van der Waals surface area contributed by atoms with Crippen molar-refractivity contribution >= 4 is 17.6 Å². The van der Waals surface area contributed by atoms with Crippen LogP contribution >= 0.6 is 0 Å². The third-order valence-corrected chi connectivity index (χ3v) is 4.98. The molecular weight excluding hydrogens is 482 g/mol. The molecular formula is C24H20F6O5. The molecule has 1 unspecified atom stereocenters. The second kappa shape index (κ2) is 9.65. The van der Waals surface area contributed by atoms with Gasteiger partial charge in [0.25, 0.3) is 0 Å². The van der Waals surface area contributed by atoms with E-state index in [2.05, 4.69) is 16.1 Å². The van der Waals surface area contributed by atoms with Crippen molar-refractivity contribution in [2.45, 2.75) is 31.0 Å². The summed E-state index contributed by atoms with van der Waals surface area (Å²) in [7, 11) is 0. The molecule has 3 rings (SSSR count). The summed E-state index contributed by atoms with van der Waals surface area (Å²) < 4.78 is 97.9. The van der Waals surface area contributed by atoms with Crippen LogP contribution in [0.25, 0.3) is 11.6 Å². The number of hydrogen-bond acceptors (Lipinski definition) is 5. The summed E-state index contributed by atoms with van der Waals surface area (Å²) in [5.41, 5.74) is 1.16. The number of fused-ring (bicyclic) bond motifs is 1. The number of benzene rings is 2. The molecule has 35 heavy (non-hydrogen) atoms. The number of ether oxygens (including phenoxy) is 3. The number of carbonyl (C=O) groups is 1. The lowest BCUT2D eigenvalue weighted by molar-refractivity contribution is -0.322. The van der Waals surface area contributed by atoms with Gasteiger partial charge in [0.1, 0.15) is 11.5 Å². The Morgan fingerprint density at radius 1 is 1.03 bits per heavy atom. The Balaban J connectivity index is 1.72. The van der Waals surface area contributed by atoms with E-state index in [0.717, 1.165) is 19.1 Å². The molecule has 0 bridgehead atoms. The lowest BCUT2D eigenvalue weighted by atomic mass is 9.99. The fraction of sp³-hybridized carbons (Fsp3) is 0.292. The number of alkyl halides is 6. The summed E-state index contributed by atoms with van der Waals surface area (Å²) in [6.45, 7) is -0.241. The van der Waals surface area contributed by atoms with E-state index >= 15 is 0 Å². The Morgan fingerprint density at radius 2 is 1.66 bits per heavy atom. The maximum atomic E-state index is 14.1. The van der Waals surface area contributed by atoms with Crippen molar-refractivity contribution in [2.75, 3.05) is 13.2 Å². The Kier molecular flexibility index (Phi) is 7.21. The minimum absolute atomic E-state index is 0.00166. The zero-order valence-electron chi connectivity index (χ0n) is 18.2. The van der Waals surface area contributed by atoms with Gasteiger partial charge in [-0.3, -0.25) is 0 Å². The van der Waals surface area contributed by atoms with Crippen LogP contribution in [-0.2, 0) is 9.53 Å². The zero-order chi connectivity index (χ0) is 26.0. The zero-order valence-corrected chi connectivity index (χ0v) is 18.2. The van der Waals surface area contributed by atoms with Crippen LogP contribution in [0.4, 0.5) is 26.3 Å². The Hall–Kier alpha value is -3.47.